The van der Waals surface area contributed by atoms with E-state index in [9.17, 15) is 0 Å². The Balaban J connectivity index is 1.88. The summed E-state index contributed by atoms with van der Waals surface area (Å²) in [6.07, 6.45) is 7.25. The zero-order valence-corrected chi connectivity index (χ0v) is 13.7. The normalized spacial score (nSPS) is 37.2. The standard InChI is InChI=1S/C13H26NPS2/c1-10(2)14-13-5-3-11-7-12(4-6-13)9-17-15-16-8-11/h10-15H,3-9H2,1-2H3. The molecule has 2 bridgehead atoms. The van der Waals surface area contributed by atoms with E-state index >= 15 is 0 Å². The Labute approximate surface area is 116 Å². The van der Waals surface area contributed by atoms with Crippen molar-refractivity contribution in [2.45, 2.75) is 58.0 Å². The first kappa shape index (κ1) is 14.5. The van der Waals surface area contributed by atoms with Gasteiger partial charge in [0.15, 0.2) is 0 Å². The summed E-state index contributed by atoms with van der Waals surface area (Å²) < 4.78 is 0. The van der Waals surface area contributed by atoms with Crippen molar-refractivity contribution < 1.29 is 0 Å². The molecule has 1 saturated heterocycles. The number of hydrogen-bond donors (Lipinski definition) is 1. The Kier molecular flexibility index (Phi) is 6.50. The highest BCUT2D eigenvalue weighted by molar-refractivity contribution is 8.82. The molecule has 0 aromatic carbocycles. The van der Waals surface area contributed by atoms with Gasteiger partial charge in [-0.25, -0.2) is 0 Å². The zero-order valence-electron chi connectivity index (χ0n) is 11.1. The fourth-order valence-electron chi connectivity index (χ4n) is 3.01. The van der Waals surface area contributed by atoms with Crippen molar-refractivity contribution in [2.24, 2.45) is 11.8 Å². The molecule has 2 unspecified atom stereocenters. The van der Waals surface area contributed by atoms with E-state index in [1.807, 2.05) is 0 Å². The second-order valence-corrected chi connectivity index (χ2v) is 11.0. The Bertz CT molecular complexity index is 209. The van der Waals surface area contributed by atoms with Gasteiger partial charge in [0.05, 0.1) is 0 Å². The smallest absolute Gasteiger partial charge is 0.00696 e. The molecule has 1 aliphatic carbocycles. The first-order valence-electron chi connectivity index (χ1n) is 6.98. The van der Waals surface area contributed by atoms with Crippen LogP contribution in [0.1, 0.15) is 46.0 Å². The average Bonchev–Trinajstić information content (AvgIpc) is 2.20. The third-order valence-corrected chi connectivity index (χ3v) is 9.18. The van der Waals surface area contributed by atoms with Crippen molar-refractivity contribution in [3.05, 3.63) is 0 Å². The minimum absolute atomic E-state index is 0.648. The third kappa shape index (κ3) is 5.30. The lowest BCUT2D eigenvalue weighted by Gasteiger charge is -2.32. The fourth-order valence-corrected chi connectivity index (χ4v) is 8.35. The van der Waals surface area contributed by atoms with Crippen LogP contribution in [0.25, 0.3) is 0 Å². The zero-order chi connectivity index (χ0) is 12.1. The predicted molar refractivity (Wildman–Crippen MR) is 85.4 cm³/mol. The summed E-state index contributed by atoms with van der Waals surface area (Å²) in [6.45, 7) is 5.66. The molecule has 1 nitrogen and oxygen atoms in total. The first-order chi connectivity index (χ1) is 8.24. The first-order valence-corrected chi connectivity index (χ1v) is 11.4. The largest absolute Gasteiger partial charge is 0.312 e. The highest BCUT2D eigenvalue weighted by Crippen LogP contribution is 2.48. The van der Waals surface area contributed by atoms with Gasteiger partial charge in [-0.3, -0.25) is 0 Å². The van der Waals surface area contributed by atoms with Crippen molar-refractivity contribution in [2.75, 3.05) is 11.5 Å². The molecule has 0 aromatic rings. The van der Waals surface area contributed by atoms with Gasteiger partial charge >= 0.3 is 0 Å². The summed E-state index contributed by atoms with van der Waals surface area (Å²) in [5.41, 5.74) is 0. The van der Waals surface area contributed by atoms with Gasteiger partial charge < -0.3 is 5.32 Å². The summed E-state index contributed by atoms with van der Waals surface area (Å²) in [5, 5.41) is 3.76. The Morgan fingerprint density at radius 2 is 1.59 bits per heavy atom. The molecule has 17 heavy (non-hydrogen) atoms. The SMILES string of the molecule is CC(C)NC1CCC2CSPSCC(CC1)C2. The molecule has 100 valence electrons. The van der Waals surface area contributed by atoms with Crippen LogP contribution in [0, 0.1) is 11.8 Å². The van der Waals surface area contributed by atoms with Crippen LogP contribution in [0.3, 0.4) is 0 Å². The second-order valence-electron chi connectivity index (χ2n) is 5.85. The van der Waals surface area contributed by atoms with E-state index in [0.717, 1.165) is 24.9 Å². The van der Waals surface area contributed by atoms with Crippen LogP contribution in [0.2, 0.25) is 0 Å². The lowest BCUT2D eigenvalue weighted by molar-refractivity contribution is 0.285. The van der Waals surface area contributed by atoms with E-state index in [0.29, 0.717) is 6.04 Å². The topological polar surface area (TPSA) is 12.0 Å². The average molecular weight is 291 g/mol. The van der Waals surface area contributed by atoms with Gasteiger partial charge in [0.2, 0.25) is 0 Å². The van der Waals surface area contributed by atoms with Crippen LogP contribution in [-0.4, -0.2) is 23.6 Å². The van der Waals surface area contributed by atoms with Gasteiger partial charge in [0, 0.05) is 23.6 Å². The molecule has 4 heteroatoms. The molecule has 2 aliphatic rings. The highest BCUT2D eigenvalue weighted by atomic mass is 33.1. The quantitative estimate of drug-likeness (QED) is 0.750. The maximum atomic E-state index is 3.76. The molecule has 2 rings (SSSR count). The summed E-state index contributed by atoms with van der Waals surface area (Å²) in [5.74, 6) is 4.87. The van der Waals surface area contributed by atoms with E-state index in [2.05, 4.69) is 41.9 Å². The van der Waals surface area contributed by atoms with Crippen molar-refractivity contribution in [1.29, 1.82) is 0 Å². The lowest BCUT2D eigenvalue weighted by atomic mass is 9.84. The van der Waals surface area contributed by atoms with Gasteiger partial charge in [-0.1, -0.05) is 13.8 Å². The molecular formula is C13H26NPS2. The molecule has 0 amide bonds. The van der Waals surface area contributed by atoms with E-state index in [4.69, 9.17) is 0 Å². The lowest BCUT2D eigenvalue weighted by Crippen LogP contribution is -2.37. The van der Waals surface area contributed by atoms with Gasteiger partial charge in [0.25, 0.3) is 0 Å². The number of hydrogen-bond acceptors (Lipinski definition) is 3. The van der Waals surface area contributed by atoms with Crippen LogP contribution in [0.15, 0.2) is 0 Å². The fraction of sp³-hybridized carbons (Fsp3) is 1.00. The predicted octanol–water partition coefficient (Wildman–Crippen LogP) is 4.54. The number of nitrogens with one attached hydrogen (secondary N) is 1. The van der Waals surface area contributed by atoms with E-state index < -0.39 is 0 Å². The van der Waals surface area contributed by atoms with E-state index in [1.54, 1.807) is 0 Å². The molecule has 1 N–H and O–H groups in total. The number of fused-ring (bicyclic) bond motifs is 2. The minimum atomic E-state index is 0.648. The van der Waals surface area contributed by atoms with E-state index in [1.165, 1.54) is 43.6 Å². The van der Waals surface area contributed by atoms with Crippen LogP contribution >= 0.6 is 29.7 Å². The Morgan fingerprint density at radius 1 is 1.00 bits per heavy atom. The molecule has 0 aromatic heterocycles. The highest BCUT2D eigenvalue weighted by Gasteiger charge is 2.24. The molecule has 1 aliphatic heterocycles. The summed E-state index contributed by atoms with van der Waals surface area (Å²) in [4.78, 5) is 0. The maximum Gasteiger partial charge on any atom is 0.00696 e. The van der Waals surface area contributed by atoms with Crippen molar-refractivity contribution in [3.63, 3.8) is 0 Å². The van der Waals surface area contributed by atoms with Crippen molar-refractivity contribution in [1.82, 2.24) is 5.32 Å². The second kappa shape index (κ2) is 7.62. The monoisotopic (exact) mass is 291 g/mol. The van der Waals surface area contributed by atoms with E-state index in [-0.39, 0.29) is 0 Å². The van der Waals surface area contributed by atoms with Gasteiger partial charge in [-0.2, -0.15) is 0 Å². The Hall–Kier alpha value is 1.09. The molecule has 2 atom stereocenters. The third-order valence-electron chi connectivity index (χ3n) is 3.84. The summed E-state index contributed by atoms with van der Waals surface area (Å²) in [7, 11) is 0. The Morgan fingerprint density at radius 3 is 2.12 bits per heavy atom. The maximum absolute atomic E-state index is 3.76. The minimum Gasteiger partial charge on any atom is -0.312 e. The van der Waals surface area contributed by atoms with Crippen LogP contribution < -0.4 is 5.32 Å². The molecule has 1 saturated carbocycles. The van der Waals surface area contributed by atoms with Crippen LogP contribution in [0.5, 0.6) is 0 Å². The summed E-state index contributed by atoms with van der Waals surface area (Å²) in [6, 6.07) is 1.44. The van der Waals surface area contributed by atoms with Crippen molar-refractivity contribution in [3.8, 4) is 0 Å². The van der Waals surface area contributed by atoms with Gasteiger partial charge in [0.1, 0.15) is 0 Å². The van der Waals surface area contributed by atoms with Crippen LogP contribution in [-0.2, 0) is 0 Å². The van der Waals surface area contributed by atoms with Gasteiger partial charge in [-0.05, 0) is 50.9 Å². The molecular weight excluding hydrogens is 265 g/mol. The van der Waals surface area contributed by atoms with Crippen molar-refractivity contribution >= 4 is 29.7 Å². The molecule has 1 heterocycles. The van der Waals surface area contributed by atoms with Gasteiger partial charge in [-0.15, -0.1) is 22.8 Å². The molecule has 0 radical (unpaired) electrons. The van der Waals surface area contributed by atoms with Crippen LogP contribution in [0.4, 0.5) is 0 Å². The number of rotatable bonds is 2. The summed E-state index contributed by atoms with van der Waals surface area (Å²) >= 11 is 4.40. The molecule has 0 spiro atoms. The molecule has 2 fully saturated rings.